The summed E-state index contributed by atoms with van der Waals surface area (Å²) in [4.78, 5) is 11.3. The molecular formula is C14H17F2N3O. The van der Waals surface area contributed by atoms with E-state index in [1.54, 1.807) is 19.9 Å². The molecule has 0 aliphatic rings. The highest BCUT2D eigenvalue weighted by molar-refractivity contribution is 5.77. The summed E-state index contributed by atoms with van der Waals surface area (Å²) in [5.41, 5.74) is -0.160. The number of amides is 1. The van der Waals surface area contributed by atoms with E-state index in [4.69, 9.17) is 5.26 Å². The van der Waals surface area contributed by atoms with Crippen molar-refractivity contribution < 1.29 is 13.6 Å². The van der Waals surface area contributed by atoms with Crippen LogP contribution in [0.3, 0.4) is 0 Å². The van der Waals surface area contributed by atoms with Gasteiger partial charge in [0, 0.05) is 31.1 Å². The fourth-order valence-corrected chi connectivity index (χ4v) is 1.53. The van der Waals surface area contributed by atoms with Crippen LogP contribution >= 0.6 is 0 Å². The topological polar surface area (TPSA) is 64.9 Å². The molecule has 1 aromatic carbocycles. The Hall–Kier alpha value is -2.00. The Morgan fingerprint density at radius 2 is 1.90 bits per heavy atom. The van der Waals surface area contributed by atoms with E-state index in [2.05, 4.69) is 10.6 Å². The molecule has 0 saturated carbocycles. The SMILES string of the molecule is CC(C)C(=O)NCCNCc1c(F)cc(C#N)cc1F. The number of nitrogens with zero attached hydrogens (tertiary/aromatic N) is 1. The van der Waals surface area contributed by atoms with Crippen molar-refractivity contribution in [3.05, 3.63) is 34.9 Å². The van der Waals surface area contributed by atoms with Gasteiger partial charge in [-0.1, -0.05) is 13.8 Å². The summed E-state index contributed by atoms with van der Waals surface area (Å²) >= 11 is 0. The van der Waals surface area contributed by atoms with Crippen LogP contribution in [0.1, 0.15) is 25.0 Å². The maximum absolute atomic E-state index is 13.5. The van der Waals surface area contributed by atoms with Crippen LogP contribution in [-0.4, -0.2) is 19.0 Å². The molecule has 0 aliphatic heterocycles. The monoisotopic (exact) mass is 281 g/mol. The average Bonchev–Trinajstić information content (AvgIpc) is 2.40. The van der Waals surface area contributed by atoms with Crippen LogP contribution in [0.4, 0.5) is 8.78 Å². The number of carbonyl (C=O) groups is 1. The van der Waals surface area contributed by atoms with Crippen molar-refractivity contribution in [2.45, 2.75) is 20.4 Å². The van der Waals surface area contributed by atoms with Gasteiger partial charge in [-0.05, 0) is 12.1 Å². The number of carbonyl (C=O) groups excluding carboxylic acids is 1. The van der Waals surface area contributed by atoms with Gasteiger partial charge in [-0.25, -0.2) is 8.78 Å². The minimum atomic E-state index is -0.750. The van der Waals surface area contributed by atoms with E-state index in [9.17, 15) is 13.6 Å². The summed E-state index contributed by atoms with van der Waals surface area (Å²) in [5, 5.41) is 14.1. The molecule has 0 saturated heterocycles. The van der Waals surface area contributed by atoms with Gasteiger partial charge < -0.3 is 10.6 Å². The Labute approximate surface area is 116 Å². The van der Waals surface area contributed by atoms with E-state index in [1.165, 1.54) is 0 Å². The van der Waals surface area contributed by atoms with Crippen molar-refractivity contribution in [1.82, 2.24) is 10.6 Å². The van der Waals surface area contributed by atoms with Crippen molar-refractivity contribution in [1.29, 1.82) is 5.26 Å². The molecule has 0 fully saturated rings. The van der Waals surface area contributed by atoms with E-state index >= 15 is 0 Å². The Balaban J connectivity index is 2.44. The van der Waals surface area contributed by atoms with Gasteiger partial charge in [0.05, 0.1) is 11.6 Å². The molecule has 0 aliphatic carbocycles. The molecule has 4 nitrogen and oxygen atoms in total. The standard InChI is InChI=1S/C14H17F2N3O/c1-9(2)14(20)19-4-3-18-8-11-12(15)5-10(7-17)6-13(11)16/h5-6,9,18H,3-4,8H2,1-2H3,(H,19,20). The van der Waals surface area contributed by atoms with Crippen LogP contribution in [-0.2, 0) is 11.3 Å². The molecular weight excluding hydrogens is 264 g/mol. The normalized spacial score (nSPS) is 10.4. The summed E-state index contributed by atoms with van der Waals surface area (Å²) in [6.45, 7) is 4.35. The Morgan fingerprint density at radius 3 is 2.40 bits per heavy atom. The number of halogens is 2. The van der Waals surface area contributed by atoms with Gasteiger partial charge in [0.15, 0.2) is 0 Å². The molecule has 0 heterocycles. The molecule has 2 N–H and O–H groups in total. The molecule has 0 unspecified atom stereocenters. The molecule has 1 aromatic rings. The quantitative estimate of drug-likeness (QED) is 0.780. The van der Waals surface area contributed by atoms with Gasteiger partial charge in [-0.2, -0.15) is 5.26 Å². The molecule has 0 atom stereocenters. The van der Waals surface area contributed by atoms with Gasteiger partial charge >= 0.3 is 0 Å². The van der Waals surface area contributed by atoms with Crippen LogP contribution in [0.5, 0.6) is 0 Å². The summed E-state index contributed by atoms with van der Waals surface area (Å²) < 4.78 is 27.1. The second-order valence-electron chi connectivity index (χ2n) is 4.65. The molecule has 0 spiro atoms. The Kier molecular flexibility index (Phi) is 6.07. The smallest absolute Gasteiger partial charge is 0.222 e. The number of hydrogen-bond acceptors (Lipinski definition) is 3. The van der Waals surface area contributed by atoms with Crippen molar-refractivity contribution >= 4 is 5.91 Å². The van der Waals surface area contributed by atoms with E-state index < -0.39 is 11.6 Å². The van der Waals surface area contributed by atoms with Crippen LogP contribution in [0.25, 0.3) is 0 Å². The highest BCUT2D eigenvalue weighted by Crippen LogP contribution is 2.14. The number of nitriles is 1. The van der Waals surface area contributed by atoms with Crippen LogP contribution in [0, 0.1) is 28.9 Å². The van der Waals surface area contributed by atoms with Crippen LogP contribution < -0.4 is 10.6 Å². The zero-order chi connectivity index (χ0) is 15.1. The first-order valence-corrected chi connectivity index (χ1v) is 6.32. The lowest BCUT2D eigenvalue weighted by atomic mass is 10.1. The summed E-state index contributed by atoms with van der Waals surface area (Å²) in [5.74, 6) is -1.66. The lowest BCUT2D eigenvalue weighted by molar-refractivity contribution is -0.123. The fraction of sp³-hybridized carbons (Fsp3) is 0.429. The van der Waals surface area contributed by atoms with Crippen molar-refractivity contribution in [3.63, 3.8) is 0 Å². The van der Waals surface area contributed by atoms with Gasteiger partial charge in [-0.15, -0.1) is 0 Å². The molecule has 1 rings (SSSR count). The first kappa shape index (κ1) is 16.1. The molecule has 6 heteroatoms. The highest BCUT2D eigenvalue weighted by Gasteiger charge is 2.11. The summed E-state index contributed by atoms with van der Waals surface area (Å²) in [6.07, 6.45) is 0. The van der Waals surface area contributed by atoms with Crippen LogP contribution in [0.15, 0.2) is 12.1 Å². The Bertz CT molecular complexity index is 501. The van der Waals surface area contributed by atoms with E-state index in [0.717, 1.165) is 12.1 Å². The predicted octanol–water partition coefficient (Wildman–Crippen LogP) is 1.70. The van der Waals surface area contributed by atoms with Gasteiger partial charge in [-0.3, -0.25) is 4.79 Å². The van der Waals surface area contributed by atoms with Gasteiger partial charge in [0.1, 0.15) is 11.6 Å². The average molecular weight is 281 g/mol. The first-order chi connectivity index (χ1) is 9.45. The third kappa shape index (κ3) is 4.59. The van der Waals surface area contributed by atoms with Crippen LogP contribution in [0.2, 0.25) is 0 Å². The van der Waals surface area contributed by atoms with E-state index in [0.29, 0.717) is 13.1 Å². The maximum atomic E-state index is 13.5. The molecule has 108 valence electrons. The second kappa shape index (κ2) is 7.56. The molecule has 0 bridgehead atoms. The zero-order valence-electron chi connectivity index (χ0n) is 11.5. The number of benzene rings is 1. The lowest BCUT2D eigenvalue weighted by Gasteiger charge is -2.10. The predicted molar refractivity (Wildman–Crippen MR) is 70.6 cm³/mol. The highest BCUT2D eigenvalue weighted by atomic mass is 19.1. The lowest BCUT2D eigenvalue weighted by Crippen LogP contribution is -2.34. The molecule has 0 aromatic heterocycles. The van der Waals surface area contributed by atoms with E-state index in [1.807, 2.05) is 0 Å². The largest absolute Gasteiger partial charge is 0.355 e. The number of hydrogen-bond donors (Lipinski definition) is 2. The fourth-order valence-electron chi connectivity index (χ4n) is 1.53. The van der Waals surface area contributed by atoms with Crippen molar-refractivity contribution in [2.24, 2.45) is 5.92 Å². The van der Waals surface area contributed by atoms with Crippen molar-refractivity contribution in [3.8, 4) is 6.07 Å². The first-order valence-electron chi connectivity index (χ1n) is 6.32. The summed E-state index contributed by atoms with van der Waals surface area (Å²) in [6, 6.07) is 3.69. The maximum Gasteiger partial charge on any atom is 0.222 e. The number of rotatable bonds is 6. The van der Waals surface area contributed by atoms with Gasteiger partial charge in [0.25, 0.3) is 0 Å². The third-order valence-corrected chi connectivity index (χ3v) is 2.70. The minimum Gasteiger partial charge on any atom is -0.355 e. The minimum absolute atomic E-state index is 0.000917. The molecule has 1 amide bonds. The van der Waals surface area contributed by atoms with Crippen molar-refractivity contribution in [2.75, 3.05) is 13.1 Å². The van der Waals surface area contributed by atoms with E-state index in [-0.39, 0.29) is 29.5 Å². The second-order valence-corrected chi connectivity index (χ2v) is 4.65. The molecule has 0 radical (unpaired) electrons. The molecule has 20 heavy (non-hydrogen) atoms. The Morgan fingerprint density at radius 1 is 1.30 bits per heavy atom. The summed E-state index contributed by atoms with van der Waals surface area (Å²) in [7, 11) is 0. The van der Waals surface area contributed by atoms with Gasteiger partial charge in [0.2, 0.25) is 5.91 Å². The zero-order valence-corrected chi connectivity index (χ0v) is 11.5. The number of nitrogens with one attached hydrogen (secondary N) is 2. The third-order valence-electron chi connectivity index (χ3n) is 2.70.